The number of aliphatic hydroxyl groups is 2. The average molecular weight is 528 g/mol. The van der Waals surface area contributed by atoms with Gasteiger partial charge in [-0.3, -0.25) is 14.1 Å². The predicted molar refractivity (Wildman–Crippen MR) is 136 cm³/mol. The summed E-state index contributed by atoms with van der Waals surface area (Å²) < 4.78 is 31.3. The van der Waals surface area contributed by atoms with Crippen LogP contribution < -0.4 is 5.32 Å². The first-order valence-corrected chi connectivity index (χ1v) is 14.1. The number of hydrogen-bond acceptors (Lipinski definition) is 7. The zero-order valence-electron chi connectivity index (χ0n) is 21.9. The molecule has 35 heavy (non-hydrogen) atoms. The van der Waals surface area contributed by atoms with Crippen LogP contribution in [0, 0.1) is 17.8 Å². The van der Waals surface area contributed by atoms with Crippen LogP contribution in [0.5, 0.6) is 0 Å². The van der Waals surface area contributed by atoms with Crippen molar-refractivity contribution in [2.24, 2.45) is 17.8 Å². The second-order valence-corrected chi connectivity index (χ2v) is 11.5. The van der Waals surface area contributed by atoms with Crippen molar-refractivity contribution in [2.45, 2.75) is 96.7 Å². The Morgan fingerprint density at radius 2 is 1.20 bits per heavy atom. The Hall–Kier alpha value is -1.27. The fraction of sp³-hybridized carbons (Fsp3) is 0.917. The largest absolute Gasteiger partial charge is 0.481 e. The number of carboxylic acids is 2. The Bertz CT molecular complexity index is 664. The van der Waals surface area contributed by atoms with Crippen LogP contribution in [0.15, 0.2) is 0 Å². The number of rotatable bonds is 20. The Labute approximate surface area is 211 Å². The summed E-state index contributed by atoms with van der Waals surface area (Å²) in [5.74, 6) is -3.97. The van der Waals surface area contributed by atoms with E-state index < -0.39 is 39.1 Å². The van der Waals surface area contributed by atoms with E-state index in [1.807, 2.05) is 0 Å². The van der Waals surface area contributed by atoms with Crippen LogP contribution >= 0.6 is 0 Å². The van der Waals surface area contributed by atoms with Crippen molar-refractivity contribution < 1.29 is 43.0 Å². The summed E-state index contributed by atoms with van der Waals surface area (Å²) in [6, 6.07) is 0. The Morgan fingerprint density at radius 3 is 1.54 bits per heavy atom. The number of nitrogens with one attached hydrogen (secondary N) is 1. The van der Waals surface area contributed by atoms with Crippen LogP contribution in [0.1, 0.15) is 91.9 Å². The molecule has 0 radical (unpaired) electrons. The van der Waals surface area contributed by atoms with E-state index in [1.165, 1.54) is 0 Å². The number of carbonyl (C=O) groups is 2. The average Bonchev–Trinajstić information content (AvgIpc) is 2.73. The second-order valence-electron chi connectivity index (χ2n) is 9.78. The van der Waals surface area contributed by atoms with Gasteiger partial charge in [0.1, 0.15) is 0 Å². The molecular formula is C24H49NO9S. The van der Waals surface area contributed by atoms with Gasteiger partial charge in [0.2, 0.25) is 4.75 Å². The zero-order valence-corrected chi connectivity index (χ0v) is 22.7. The number of hydrogen-bond donors (Lipinski definition) is 6. The van der Waals surface area contributed by atoms with E-state index in [0.29, 0.717) is 44.2 Å². The topological polar surface area (TPSA) is 181 Å². The van der Waals surface area contributed by atoms with Gasteiger partial charge >= 0.3 is 11.9 Å². The van der Waals surface area contributed by atoms with Crippen LogP contribution in [-0.4, -0.2) is 76.4 Å². The van der Waals surface area contributed by atoms with Gasteiger partial charge in [-0.25, -0.2) is 0 Å². The van der Waals surface area contributed by atoms with E-state index in [1.54, 1.807) is 0 Å². The molecule has 0 saturated heterocycles. The molecule has 6 N–H and O–H groups in total. The maximum Gasteiger partial charge on any atom is 0.328 e. The van der Waals surface area contributed by atoms with Crippen LogP contribution in [0.3, 0.4) is 0 Å². The Balaban J connectivity index is 0. The number of carboxylic acid groups (broad SMARTS) is 2. The monoisotopic (exact) mass is 527 g/mol. The molecule has 0 aromatic heterocycles. The maximum absolute atomic E-state index is 12.1. The number of aliphatic hydroxyl groups excluding tert-OH is 2. The van der Waals surface area contributed by atoms with Gasteiger partial charge in [-0.05, 0) is 24.7 Å². The zero-order chi connectivity index (χ0) is 27.5. The highest BCUT2D eigenvalue weighted by atomic mass is 32.2. The van der Waals surface area contributed by atoms with Crippen LogP contribution in [0.25, 0.3) is 0 Å². The molecule has 0 aliphatic carbocycles. The molecule has 0 saturated carbocycles. The molecule has 2 atom stereocenters. The molecule has 2 unspecified atom stereocenters. The van der Waals surface area contributed by atoms with Gasteiger partial charge in [-0.1, -0.05) is 79.1 Å². The van der Waals surface area contributed by atoms with Crippen LogP contribution in [-0.2, 0) is 19.7 Å². The summed E-state index contributed by atoms with van der Waals surface area (Å²) in [6.45, 7) is 9.68. The highest BCUT2D eigenvalue weighted by molar-refractivity contribution is 7.88. The third-order valence-corrected chi connectivity index (χ3v) is 7.45. The lowest BCUT2D eigenvalue weighted by Gasteiger charge is -2.32. The second kappa shape index (κ2) is 19.9. The highest BCUT2D eigenvalue weighted by Crippen LogP contribution is 2.37. The van der Waals surface area contributed by atoms with E-state index in [-0.39, 0.29) is 26.1 Å². The summed E-state index contributed by atoms with van der Waals surface area (Å²) >= 11 is 0. The molecule has 0 spiro atoms. The quantitative estimate of drug-likeness (QED) is 0.102. The lowest BCUT2D eigenvalue weighted by molar-refractivity contribution is -0.152. The van der Waals surface area contributed by atoms with Crippen molar-refractivity contribution in [3.8, 4) is 0 Å². The molecule has 0 rings (SSSR count). The van der Waals surface area contributed by atoms with E-state index in [4.69, 9.17) is 10.2 Å². The third kappa shape index (κ3) is 15.4. The molecule has 0 heterocycles. The molecule has 10 nitrogen and oxygen atoms in total. The Kier molecular flexibility index (Phi) is 20.4. The standard InChI is InChI=1S/C20H38O7S.C4H11NO2/c1-15(2)11-7-5-9-13-17(18(21)22)20(19(23)24,28(25,26)27)14-10-6-8-12-16(3)4;6-3-1-5-2-4-7/h15-17H,5-14H2,1-4H3,(H,21,22)(H,23,24)(H,25,26,27);5-7H,1-4H2. The normalized spacial score (nSPS) is 14.3. The molecular weight excluding hydrogens is 478 g/mol. The van der Waals surface area contributed by atoms with Gasteiger partial charge in [0.05, 0.1) is 19.1 Å². The molecule has 0 aliphatic heterocycles. The van der Waals surface area contributed by atoms with Crippen molar-refractivity contribution in [1.82, 2.24) is 5.32 Å². The van der Waals surface area contributed by atoms with E-state index in [0.717, 1.165) is 25.7 Å². The number of aliphatic carboxylic acids is 2. The first-order chi connectivity index (χ1) is 16.3. The number of unbranched alkanes of at least 4 members (excludes halogenated alkanes) is 4. The van der Waals surface area contributed by atoms with Gasteiger partial charge in [0.15, 0.2) is 0 Å². The minimum absolute atomic E-state index is 0.0918. The van der Waals surface area contributed by atoms with Gasteiger partial charge in [-0.15, -0.1) is 0 Å². The highest BCUT2D eigenvalue weighted by Gasteiger charge is 2.58. The van der Waals surface area contributed by atoms with Gasteiger partial charge in [0, 0.05) is 13.1 Å². The van der Waals surface area contributed by atoms with Crippen LogP contribution in [0.4, 0.5) is 0 Å². The van der Waals surface area contributed by atoms with Gasteiger partial charge < -0.3 is 25.7 Å². The fourth-order valence-corrected chi connectivity index (χ4v) is 5.08. The minimum atomic E-state index is -5.11. The lowest BCUT2D eigenvalue weighted by Crippen LogP contribution is -2.55. The fourth-order valence-electron chi connectivity index (χ4n) is 3.88. The summed E-state index contributed by atoms with van der Waals surface area (Å²) in [6.07, 6.45) is 4.98. The minimum Gasteiger partial charge on any atom is -0.481 e. The molecule has 210 valence electrons. The van der Waals surface area contributed by atoms with Crippen LogP contribution in [0.2, 0.25) is 0 Å². The molecule has 11 heteroatoms. The SMILES string of the molecule is CC(C)CCCCCC(C(=O)O)C(CCCCCC(C)C)(C(=O)O)S(=O)(=O)O.OCCNCCO. The van der Waals surface area contributed by atoms with E-state index >= 15 is 0 Å². The predicted octanol–water partition coefficient (Wildman–Crippen LogP) is 3.17. The summed E-state index contributed by atoms with van der Waals surface area (Å²) in [4.78, 5) is 23.8. The summed E-state index contributed by atoms with van der Waals surface area (Å²) in [7, 11) is -5.11. The maximum atomic E-state index is 12.1. The third-order valence-electron chi connectivity index (χ3n) is 5.86. The van der Waals surface area contributed by atoms with Crippen molar-refractivity contribution in [2.75, 3.05) is 26.3 Å². The Morgan fingerprint density at radius 1 is 0.771 bits per heavy atom. The van der Waals surface area contributed by atoms with Gasteiger partial charge in [-0.2, -0.15) is 8.42 Å². The van der Waals surface area contributed by atoms with E-state index in [9.17, 15) is 32.8 Å². The molecule has 0 aromatic carbocycles. The molecule has 0 aliphatic rings. The molecule has 0 aromatic rings. The summed E-state index contributed by atoms with van der Waals surface area (Å²) in [5, 5.41) is 38.4. The first kappa shape index (κ1) is 35.9. The van der Waals surface area contributed by atoms with Gasteiger partial charge in [0.25, 0.3) is 10.1 Å². The molecule has 0 fully saturated rings. The summed E-state index contributed by atoms with van der Waals surface area (Å²) in [5.41, 5.74) is 0. The van der Waals surface area contributed by atoms with E-state index in [2.05, 4.69) is 33.0 Å². The smallest absolute Gasteiger partial charge is 0.328 e. The van der Waals surface area contributed by atoms with Crippen molar-refractivity contribution in [1.29, 1.82) is 0 Å². The molecule has 0 amide bonds. The lowest BCUT2D eigenvalue weighted by atomic mass is 9.82. The van der Waals surface area contributed by atoms with Crippen molar-refractivity contribution in [3.63, 3.8) is 0 Å². The van der Waals surface area contributed by atoms with Crippen molar-refractivity contribution in [3.05, 3.63) is 0 Å². The van der Waals surface area contributed by atoms with Crippen molar-refractivity contribution >= 4 is 22.1 Å². The first-order valence-electron chi connectivity index (χ1n) is 12.6. The molecule has 0 bridgehead atoms.